The minimum absolute atomic E-state index is 0. The van der Waals surface area contributed by atoms with Crippen molar-refractivity contribution in [1.82, 2.24) is 20.4 Å². The van der Waals surface area contributed by atoms with Crippen molar-refractivity contribution < 1.29 is 24.2 Å². The molecule has 3 aliphatic rings. The molecule has 9 nitrogen and oxygen atoms in total. The van der Waals surface area contributed by atoms with E-state index >= 15 is 0 Å². The van der Waals surface area contributed by atoms with Crippen LogP contribution < -0.4 is 15.4 Å². The SMILES string of the molecule is CCCCN1C(=O)[C@@H](C(O)[C@H]2CC=CCC2)NC(=O)C12CCN(Cc1ccc(Oc3ccc(C(=O)NC)cc3)cc1)CC2.Cl. The van der Waals surface area contributed by atoms with Gasteiger partial charge in [-0.05, 0) is 86.4 Å². The number of piperazine rings is 1. The lowest BCUT2D eigenvalue weighted by atomic mass is 9.78. The molecule has 1 aliphatic carbocycles. The molecular formula is C34H45ClN4O5. The van der Waals surface area contributed by atoms with Gasteiger partial charge in [-0.2, -0.15) is 0 Å². The summed E-state index contributed by atoms with van der Waals surface area (Å²) in [7, 11) is 1.60. The van der Waals surface area contributed by atoms with Gasteiger partial charge in [-0.1, -0.05) is 37.6 Å². The minimum Gasteiger partial charge on any atom is -0.457 e. The summed E-state index contributed by atoms with van der Waals surface area (Å²) in [4.78, 5) is 43.4. The maximum absolute atomic E-state index is 13.8. The standard InChI is InChI=1S/C34H44N4O5.ClH/c1-3-4-20-38-32(41)29(30(39)25-8-6-5-7-9-25)36-33(42)34(38)18-21-37(22-19-34)23-24-10-14-27(15-11-24)43-28-16-12-26(13-17-28)31(40)35-2;/h5-6,10-17,25,29-30,39H,3-4,7-9,18-23H2,1-2H3,(H,35,40)(H,36,42);1H/t25-,29+,30?;/m0./s1. The number of halogens is 1. The first-order chi connectivity index (χ1) is 20.8. The van der Waals surface area contributed by atoms with E-state index in [1.54, 1.807) is 31.3 Å². The molecule has 2 fully saturated rings. The third-order valence-corrected chi connectivity index (χ3v) is 9.22. The van der Waals surface area contributed by atoms with Crippen molar-refractivity contribution >= 4 is 30.1 Å². The molecule has 2 heterocycles. The molecule has 2 aromatic rings. The summed E-state index contributed by atoms with van der Waals surface area (Å²) < 4.78 is 5.95. The largest absolute Gasteiger partial charge is 0.457 e. The maximum atomic E-state index is 13.8. The van der Waals surface area contributed by atoms with Crippen molar-refractivity contribution in [3.63, 3.8) is 0 Å². The predicted molar refractivity (Wildman–Crippen MR) is 172 cm³/mol. The van der Waals surface area contributed by atoms with Crippen LogP contribution in [0.4, 0.5) is 0 Å². The summed E-state index contributed by atoms with van der Waals surface area (Å²) in [6, 6.07) is 14.1. The molecule has 3 N–H and O–H groups in total. The third-order valence-electron chi connectivity index (χ3n) is 9.22. The number of amides is 3. The second-order valence-corrected chi connectivity index (χ2v) is 12.0. The van der Waals surface area contributed by atoms with Gasteiger partial charge in [0.2, 0.25) is 11.8 Å². The molecule has 1 spiro atoms. The van der Waals surface area contributed by atoms with Crippen LogP contribution in [0.15, 0.2) is 60.7 Å². The van der Waals surface area contributed by atoms with Crippen LogP contribution in [0.3, 0.4) is 0 Å². The van der Waals surface area contributed by atoms with Crippen molar-refractivity contribution in [2.45, 2.75) is 76.1 Å². The van der Waals surface area contributed by atoms with Crippen LogP contribution in [-0.2, 0) is 16.1 Å². The summed E-state index contributed by atoms with van der Waals surface area (Å²) in [5, 5.41) is 16.7. The number of allylic oxidation sites excluding steroid dienone is 2. The molecule has 5 rings (SSSR count). The third kappa shape index (κ3) is 7.28. The van der Waals surface area contributed by atoms with E-state index in [2.05, 4.69) is 34.6 Å². The van der Waals surface area contributed by atoms with Crippen LogP contribution in [0.5, 0.6) is 11.5 Å². The zero-order chi connectivity index (χ0) is 30.4. The van der Waals surface area contributed by atoms with E-state index < -0.39 is 17.7 Å². The molecule has 1 unspecified atom stereocenters. The number of benzene rings is 2. The van der Waals surface area contributed by atoms with Gasteiger partial charge in [0, 0.05) is 38.8 Å². The summed E-state index contributed by atoms with van der Waals surface area (Å²) in [5.74, 6) is 0.943. The summed E-state index contributed by atoms with van der Waals surface area (Å²) in [6.07, 6.45) is 8.62. The Kier molecular flexibility index (Phi) is 11.5. The van der Waals surface area contributed by atoms with E-state index in [1.807, 2.05) is 29.2 Å². The van der Waals surface area contributed by atoms with Gasteiger partial charge in [0.25, 0.3) is 5.91 Å². The highest BCUT2D eigenvalue weighted by Gasteiger charge is 2.55. The Bertz CT molecular complexity index is 1310. The van der Waals surface area contributed by atoms with Gasteiger partial charge in [0.05, 0.1) is 6.10 Å². The zero-order valence-corrected chi connectivity index (χ0v) is 26.5. The fraction of sp³-hybridized carbons (Fsp3) is 0.500. The van der Waals surface area contributed by atoms with Crippen LogP contribution in [0.25, 0.3) is 0 Å². The fourth-order valence-electron chi connectivity index (χ4n) is 6.56. The Labute approximate surface area is 266 Å². The quantitative estimate of drug-likeness (QED) is 0.337. The fourth-order valence-corrected chi connectivity index (χ4v) is 6.56. The molecule has 0 radical (unpaired) electrons. The number of hydrogen-bond acceptors (Lipinski definition) is 6. The van der Waals surface area contributed by atoms with Crippen LogP contribution in [0, 0.1) is 5.92 Å². The van der Waals surface area contributed by atoms with Gasteiger partial charge in [-0.25, -0.2) is 0 Å². The second kappa shape index (κ2) is 15.1. The van der Waals surface area contributed by atoms with Gasteiger partial charge in [0.1, 0.15) is 23.1 Å². The van der Waals surface area contributed by atoms with Crippen LogP contribution in [-0.4, -0.2) is 77.0 Å². The van der Waals surface area contributed by atoms with E-state index in [4.69, 9.17) is 4.74 Å². The lowest BCUT2D eigenvalue weighted by Gasteiger charge is -2.52. The molecule has 2 aromatic carbocycles. The molecule has 44 heavy (non-hydrogen) atoms. The number of likely N-dealkylation sites (tertiary alicyclic amines) is 1. The molecule has 3 amide bonds. The number of carbonyl (C=O) groups excluding carboxylic acids is 3. The monoisotopic (exact) mass is 624 g/mol. The topological polar surface area (TPSA) is 111 Å². The van der Waals surface area contributed by atoms with Gasteiger partial charge in [-0.15, -0.1) is 12.4 Å². The van der Waals surface area contributed by atoms with Crippen molar-refractivity contribution in [2.75, 3.05) is 26.7 Å². The summed E-state index contributed by atoms with van der Waals surface area (Å²) in [6.45, 7) is 4.74. The van der Waals surface area contributed by atoms with Crippen LogP contribution in [0.2, 0.25) is 0 Å². The molecule has 0 aromatic heterocycles. The first-order valence-corrected chi connectivity index (χ1v) is 15.6. The second-order valence-electron chi connectivity index (χ2n) is 12.0. The van der Waals surface area contributed by atoms with Crippen molar-refractivity contribution in [3.8, 4) is 11.5 Å². The number of carbonyl (C=O) groups is 3. The molecule has 3 atom stereocenters. The first-order valence-electron chi connectivity index (χ1n) is 15.6. The molecule has 10 heteroatoms. The van der Waals surface area contributed by atoms with Gasteiger partial charge < -0.3 is 25.4 Å². The molecule has 0 bridgehead atoms. The Morgan fingerprint density at radius 3 is 2.32 bits per heavy atom. The first kappa shape index (κ1) is 33.5. The predicted octanol–water partition coefficient (Wildman–Crippen LogP) is 4.44. The smallest absolute Gasteiger partial charge is 0.251 e. The van der Waals surface area contributed by atoms with E-state index in [-0.39, 0.29) is 36.0 Å². The lowest BCUT2D eigenvalue weighted by Crippen LogP contribution is -2.75. The van der Waals surface area contributed by atoms with E-state index in [9.17, 15) is 19.5 Å². The molecule has 0 saturated carbocycles. The van der Waals surface area contributed by atoms with Crippen LogP contribution >= 0.6 is 12.4 Å². The Hall–Kier alpha value is -3.40. The molecule has 2 saturated heterocycles. The molecular weight excluding hydrogens is 580 g/mol. The number of nitrogens with zero attached hydrogens (tertiary/aromatic N) is 2. The van der Waals surface area contributed by atoms with Crippen molar-refractivity contribution in [1.29, 1.82) is 0 Å². The van der Waals surface area contributed by atoms with Crippen molar-refractivity contribution in [3.05, 3.63) is 71.8 Å². The van der Waals surface area contributed by atoms with Gasteiger partial charge >= 0.3 is 0 Å². The highest BCUT2D eigenvalue weighted by atomic mass is 35.5. The number of aliphatic hydroxyl groups excluding tert-OH is 1. The number of ether oxygens (including phenoxy) is 1. The van der Waals surface area contributed by atoms with E-state index in [1.165, 1.54) is 0 Å². The maximum Gasteiger partial charge on any atom is 0.251 e. The van der Waals surface area contributed by atoms with Crippen molar-refractivity contribution in [2.24, 2.45) is 5.92 Å². The summed E-state index contributed by atoms with van der Waals surface area (Å²) in [5.41, 5.74) is 0.845. The van der Waals surface area contributed by atoms with E-state index in [0.29, 0.717) is 49.5 Å². The highest BCUT2D eigenvalue weighted by molar-refractivity contribution is 6.00. The Morgan fingerprint density at radius 2 is 1.73 bits per heavy atom. The Morgan fingerprint density at radius 1 is 1.07 bits per heavy atom. The zero-order valence-electron chi connectivity index (χ0n) is 25.7. The van der Waals surface area contributed by atoms with Crippen LogP contribution in [0.1, 0.15) is 67.8 Å². The summed E-state index contributed by atoms with van der Waals surface area (Å²) >= 11 is 0. The number of unbranched alkanes of at least 4 members (excludes halogenated alkanes) is 1. The number of hydrogen-bond donors (Lipinski definition) is 3. The highest BCUT2D eigenvalue weighted by Crippen LogP contribution is 2.36. The average Bonchev–Trinajstić information content (AvgIpc) is 3.04. The normalized spacial score (nSPS) is 22.2. The average molecular weight is 625 g/mol. The Balaban J connectivity index is 0.00000442. The van der Waals surface area contributed by atoms with E-state index in [0.717, 1.165) is 44.2 Å². The number of piperidine rings is 1. The molecule has 2 aliphatic heterocycles. The molecule has 238 valence electrons. The number of aliphatic hydroxyl groups is 1. The van der Waals surface area contributed by atoms with Gasteiger partial charge in [0.15, 0.2) is 0 Å². The number of nitrogens with one attached hydrogen (secondary N) is 2. The lowest BCUT2D eigenvalue weighted by molar-refractivity contribution is -0.165. The van der Waals surface area contributed by atoms with Gasteiger partial charge in [-0.3, -0.25) is 19.3 Å². The minimum atomic E-state index is -0.878. The number of rotatable bonds is 10.